The summed E-state index contributed by atoms with van der Waals surface area (Å²) in [7, 11) is 2.16. The minimum Gasteiger partial charge on any atom is -0.369 e. The molecular formula is C21H31N3O. The van der Waals surface area contributed by atoms with Gasteiger partial charge in [-0.3, -0.25) is 4.79 Å². The number of anilines is 2. The first-order valence-corrected chi connectivity index (χ1v) is 9.28. The third-order valence-electron chi connectivity index (χ3n) is 5.71. The summed E-state index contributed by atoms with van der Waals surface area (Å²) in [6.07, 6.45) is 2.24. The smallest absolute Gasteiger partial charge is 0.228 e. The van der Waals surface area contributed by atoms with Crippen molar-refractivity contribution in [2.75, 3.05) is 43.4 Å². The van der Waals surface area contributed by atoms with Crippen LogP contribution in [0.4, 0.5) is 11.4 Å². The SMILES string of the molecule is CC(C)=CC1C(C(=O)Nc2ccc(N3CCN(C)CC3)cc2)C1(C)C. The first kappa shape index (κ1) is 18.0. The largest absolute Gasteiger partial charge is 0.369 e. The second-order valence-corrected chi connectivity index (χ2v) is 8.40. The van der Waals surface area contributed by atoms with Crippen molar-refractivity contribution in [3.8, 4) is 0 Å². The van der Waals surface area contributed by atoms with Gasteiger partial charge in [-0.2, -0.15) is 0 Å². The molecule has 2 atom stereocenters. The summed E-state index contributed by atoms with van der Waals surface area (Å²) in [6, 6.07) is 8.28. The normalized spacial score (nSPS) is 25.4. The highest BCUT2D eigenvalue weighted by molar-refractivity contribution is 5.95. The Morgan fingerprint density at radius 3 is 2.28 bits per heavy atom. The average Bonchev–Trinajstić information content (AvgIpc) is 3.08. The minimum absolute atomic E-state index is 0.0567. The molecule has 136 valence electrons. The van der Waals surface area contributed by atoms with Crippen LogP contribution in [0, 0.1) is 17.3 Å². The number of piperazine rings is 1. The topological polar surface area (TPSA) is 35.6 Å². The van der Waals surface area contributed by atoms with E-state index >= 15 is 0 Å². The van der Waals surface area contributed by atoms with Gasteiger partial charge in [0.05, 0.1) is 5.92 Å². The molecule has 3 rings (SSSR count). The Hall–Kier alpha value is -1.81. The van der Waals surface area contributed by atoms with Gasteiger partial charge < -0.3 is 15.1 Å². The average molecular weight is 341 g/mol. The summed E-state index contributed by atoms with van der Waals surface area (Å²) in [6.45, 7) is 12.9. The predicted octanol–water partition coefficient (Wildman–Crippen LogP) is 3.62. The van der Waals surface area contributed by atoms with Crippen molar-refractivity contribution in [3.63, 3.8) is 0 Å². The number of carbonyl (C=O) groups excluding carboxylic acids is 1. The van der Waals surface area contributed by atoms with E-state index in [-0.39, 0.29) is 17.2 Å². The molecule has 0 aromatic heterocycles. The number of rotatable bonds is 4. The highest BCUT2D eigenvalue weighted by Gasteiger charge is 2.60. The monoisotopic (exact) mass is 341 g/mol. The fraction of sp³-hybridized carbons (Fsp3) is 0.571. The van der Waals surface area contributed by atoms with Crippen molar-refractivity contribution in [3.05, 3.63) is 35.9 Å². The maximum Gasteiger partial charge on any atom is 0.228 e. The summed E-state index contributed by atoms with van der Waals surface area (Å²) >= 11 is 0. The Balaban J connectivity index is 1.60. The summed E-state index contributed by atoms with van der Waals surface area (Å²) in [5, 5.41) is 3.10. The summed E-state index contributed by atoms with van der Waals surface area (Å²) < 4.78 is 0. The molecular weight excluding hydrogens is 310 g/mol. The van der Waals surface area contributed by atoms with Gasteiger partial charge in [-0.05, 0) is 56.5 Å². The molecule has 25 heavy (non-hydrogen) atoms. The lowest BCUT2D eigenvalue weighted by atomic mass is 10.1. The van der Waals surface area contributed by atoms with E-state index in [0.29, 0.717) is 5.92 Å². The lowest BCUT2D eigenvalue weighted by Crippen LogP contribution is -2.44. The third kappa shape index (κ3) is 3.90. The second kappa shape index (κ2) is 6.83. The molecule has 1 aliphatic carbocycles. The first-order valence-electron chi connectivity index (χ1n) is 9.28. The van der Waals surface area contributed by atoms with Crippen molar-refractivity contribution in [1.82, 2.24) is 4.90 Å². The van der Waals surface area contributed by atoms with Gasteiger partial charge >= 0.3 is 0 Å². The summed E-state index contributed by atoms with van der Waals surface area (Å²) in [5.74, 6) is 0.557. The van der Waals surface area contributed by atoms with E-state index in [2.05, 4.69) is 68.1 Å². The van der Waals surface area contributed by atoms with Crippen LogP contribution in [0.5, 0.6) is 0 Å². The number of carbonyl (C=O) groups is 1. The Morgan fingerprint density at radius 1 is 1.12 bits per heavy atom. The highest BCUT2D eigenvalue weighted by atomic mass is 16.2. The summed E-state index contributed by atoms with van der Waals surface area (Å²) in [4.78, 5) is 17.4. The van der Waals surface area contributed by atoms with E-state index in [1.54, 1.807) is 0 Å². The fourth-order valence-electron chi connectivity index (χ4n) is 3.89. The Kier molecular flexibility index (Phi) is 4.92. The summed E-state index contributed by atoms with van der Waals surface area (Å²) in [5.41, 5.74) is 3.47. The molecule has 1 saturated carbocycles. The number of hydrogen-bond acceptors (Lipinski definition) is 3. The number of hydrogen-bond donors (Lipinski definition) is 1. The molecule has 0 spiro atoms. The maximum absolute atomic E-state index is 12.6. The van der Waals surface area contributed by atoms with Gasteiger partial charge in [0, 0.05) is 37.6 Å². The van der Waals surface area contributed by atoms with Crippen LogP contribution in [0.2, 0.25) is 0 Å². The molecule has 0 radical (unpaired) electrons. The molecule has 1 amide bonds. The minimum atomic E-state index is 0.0567. The quantitative estimate of drug-likeness (QED) is 0.850. The molecule has 0 bridgehead atoms. The number of nitrogens with one attached hydrogen (secondary N) is 1. The fourth-order valence-corrected chi connectivity index (χ4v) is 3.89. The van der Waals surface area contributed by atoms with E-state index in [1.165, 1.54) is 11.3 Å². The molecule has 1 heterocycles. The van der Waals surface area contributed by atoms with Gasteiger partial charge in [-0.25, -0.2) is 0 Å². The number of nitrogens with zero attached hydrogens (tertiary/aromatic N) is 2. The van der Waals surface area contributed by atoms with Gasteiger partial charge in [0.15, 0.2) is 0 Å². The third-order valence-corrected chi connectivity index (χ3v) is 5.71. The zero-order valence-electron chi connectivity index (χ0n) is 16.2. The van der Waals surface area contributed by atoms with Crippen LogP contribution < -0.4 is 10.2 Å². The maximum atomic E-state index is 12.6. The van der Waals surface area contributed by atoms with Crippen molar-refractivity contribution in [1.29, 1.82) is 0 Å². The van der Waals surface area contributed by atoms with Gasteiger partial charge in [-0.1, -0.05) is 25.5 Å². The van der Waals surface area contributed by atoms with Crippen molar-refractivity contribution >= 4 is 17.3 Å². The predicted molar refractivity (Wildman–Crippen MR) is 105 cm³/mol. The van der Waals surface area contributed by atoms with E-state index in [9.17, 15) is 4.79 Å². The van der Waals surface area contributed by atoms with E-state index in [0.717, 1.165) is 31.9 Å². The number of benzene rings is 1. The van der Waals surface area contributed by atoms with Crippen LogP contribution in [0.3, 0.4) is 0 Å². The zero-order valence-corrected chi connectivity index (χ0v) is 16.2. The van der Waals surface area contributed by atoms with Crippen molar-refractivity contribution in [2.45, 2.75) is 27.7 Å². The first-order chi connectivity index (χ1) is 11.8. The lowest BCUT2D eigenvalue weighted by molar-refractivity contribution is -0.118. The molecule has 2 aliphatic rings. The zero-order chi connectivity index (χ0) is 18.2. The van der Waals surface area contributed by atoms with Crippen LogP contribution in [0.15, 0.2) is 35.9 Å². The number of allylic oxidation sites excluding steroid dienone is 2. The van der Waals surface area contributed by atoms with Crippen LogP contribution in [0.25, 0.3) is 0 Å². The molecule has 4 nitrogen and oxygen atoms in total. The Bertz CT molecular complexity index is 650. The van der Waals surface area contributed by atoms with E-state index in [1.807, 2.05) is 12.1 Å². The van der Waals surface area contributed by atoms with Crippen LogP contribution in [-0.2, 0) is 4.79 Å². The standard InChI is InChI=1S/C21H31N3O/c1-15(2)14-18-19(21(18,3)4)20(25)22-16-6-8-17(9-7-16)24-12-10-23(5)11-13-24/h6-9,14,18-19H,10-13H2,1-5H3,(H,22,25). The van der Waals surface area contributed by atoms with Gasteiger partial charge in [0.25, 0.3) is 0 Å². The van der Waals surface area contributed by atoms with Gasteiger partial charge in [0.2, 0.25) is 5.91 Å². The van der Waals surface area contributed by atoms with E-state index < -0.39 is 0 Å². The van der Waals surface area contributed by atoms with Crippen LogP contribution in [-0.4, -0.2) is 44.0 Å². The highest BCUT2D eigenvalue weighted by Crippen LogP contribution is 2.59. The molecule has 1 aromatic rings. The van der Waals surface area contributed by atoms with Crippen LogP contribution >= 0.6 is 0 Å². The molecule has 4 heteroatoms. The van der Waals surface area contributed by atoms with Crippen LogP contribution in [0.1, 0.15) is 27.7 Å². The molecule has 1 aliphatic heterocycles. The van der Waals surface area contributed by atoms with Gasteiger partial charge in [-0.15, -0.1) is 0 Å². The van der Waals surface area contributed by atoms with Crippen molar-refractivity contribution < 1.29 is 4.79 Å². The van der Waals surface area contributed by atoms with Crippen molar-refractivity contribution in [2.24, 2.45) is 17.3 Å². The lowest BCUT2D eigenvalue weighted by Gasteiger charge is -2.34. The molecule has 1 saturated heterocycles. The number of amides is 1. The van der Waals surface area contributed by atoms with Gasteiger partial charge in [0.1, 0.15) is 0 Å². The molecule has 1 aromatic carbocycles. The molecule has 1 N–H and O–H groups in total. The molecule has 2 fully saturated rings. The Labute approximate surface area is 151 Å². The van der Waals surface area contributed by atoms with E-state index in [4.69, 9.17) is 0 Å². The Morgan fingerprint density at radius 2 is 1.72 bits per heavy atom. The molecule has 2 unspecified atom stereocenters. The number of likely N-dealkylation sites (N-methyl/N-ethyl adjacent to an activating group) is 1. The second-order valence-electron chi connectivity index (χ2n) is 8.40.